The molecule has 6 heteroatoms. The standard InChI is InChI=1S/C10H9N3O2S/c11-9(16)8-3-4-12-10(13-8)15-6-7-2-1-5-14-7/h1-5H,6H2,(H2,11,16). The molecule has 0 saturated carbocycles. The molecule has 0 aliphatic heterocycles. The van der Waals surface area contributed by atoms with Gasteiger partial charge in [-0.2, -0.15) is 4.98 Å². The molecule has 16 heavy (non-hydrogen) atoms. The van der Waals surface area contributed by atoms with Gasteiger partial charge in [0.05, 0.1) is 6.26 Å². The van der Waals surface area contributed by atoms with Crippen molar-refractivity contribution >= 4 is 17.2 Å². The molecule has 0 aliphatic rings. The Morgan fingerprint density at radius 1 is 1.50 bits per heavy atom. The lowest BCUT2D eigenvalue weighted by atomic mass is 10.4. The maximum atomic E-state index is 5.44. The minimum atomic E-state index is 0.213. The molecule has 0 saturated heterocycles. The predicted molar refractivity (Wildman–Crippen MR) is 61.0 cm³/mol. The van der Waals surface area contributed by atoms with Crippen molar-refractivity contribution in [3.05, 3.63) is 42.1 Å². The van der Waals surface area contributed by atoms with Gasteiger partial charge in [-0.15, -0.1) is 0 Å². The second kappa shape index (κ2) is 4.71. The van der Waals surface area contributed by atoms with Gasteiger partial charge in [-0.05, 0) is 18.2 Å². The van der Waals surface area contributed by atoms with Crippen LogP contribution in [0.2, 0.25) is 0 Å². The zero-order chi connectivity index (χ0) is 11.4. The minimum Gasteiger partial charge on any atom is -0.466 e. The van der Waals surface area contributed by atoms with E-state index in [1.807, 2.05) is 0 Å². The Balaban J connectivity index is 2.04. The van der Waals surface area contributed by atoms with Gasteiger partial charge in [0.15, 0.2) is 0 Å². The molecule has 2 N–H and O–H groups in total. The lowest BCUT2D eigenvalue weighted by molar-refractivity contribution is 0.250. The Morgan fingerprint density at radius 2 is 2.38 bits per heavy atom. The maximum Gasteiger partial charge on any atom is 0.317 e. The molecule has 82 valence electrons. The normalized spacial score (nSPS) is 10.0. The van der Waals surface area contributed by atoms with Crippen molar-refractivity contribution in [1.29, 1.82) is 0 Å². The summed E-state index contributed by atoms with van der Waals surface area (Å²) in [6, 6.07) is 5.44. The van der Waals surface area contributed by atoms with Gasteiger partial charge in [0.2, 0.25) is 0 Å². The highest BCUT2D eigenvalue weighted by Gasteiger charge is 2.03. The molecule has 0 bridgehead atoms. The number of nitrogens with zero attached hydrogens (tertiary/aromatic N) is 2. The third-order valence-electron chi connectivity index (χ3n) is 1.81. The second-order valence-corrected chi connectivity index (χ2v) is 3.40. The average molecular weight is 235 g/mol. The lowest BCUT2D eigenvalue weighted by Crippen LogP contribution is -2.12. The van der Waals surface area contributed by atoms with Crippen molar-refractivity contribution in [2.75, 3.05) is 0 Å². The number of aromatic nitrogens is 2. The van der Waals surface area contributed by atoms with Crippen LogP contribution in [0.1, 0.15) is 11.5 Å². The Hall–Kier alpha value is -1.95. The van der Waals surface area contributed by atoms with Crippen LogP contribution >= 0.6 is 12.2 Å². The number of rotatable bonds is 4. The summed E-state index contributed by atoms with van der Waals surface area (Å²) in [6.45, 7) is 0.272. The van der Waals surface area contributed by atoms with Gasteiger partial charge >= 0.3 is 6.01 Å². The third kappa shape index (κ3) is 2.54. The van der Waals surface area contributed by atoms with Gasteiger partial charge in [0.25, 0.3) is 0 Å². The molecule has 2 heterocycles. The van der Waals surface area contributed by atoms with E-state index in [0.717, 1.165) is 0 Å². The lowest BCUT2D eigenvalue weighted by Gasteiger charge is -2.03. The van der Waals surface area contributed by atoms with Gasteiger partial charge < -0.3 is 14.9 Å². The first-order chi connectivity index (χ1) is 7.75. The molecule has 0 amide bonds. The van der Waals surface area contributed by atoms with Crippen LogP contribution in [0, 0.1) is 0 Å². The van der Waals surface area contributed by atoms with Crippen molar-refractivity contribution in [3.8, 4) is 6.01 Å². The number of thiocarbonyl (C=S) groups is 1. The highest BCUT2D eigenvalue weighted by atomic mass is 32.1. The van der Waals surface area contributed by atoms with Crippen LogP contribution in [0.3, 0.4) is 0 Å². The highest BCUT2D eigenvalue weighted by molar-refractivity contribution is 7.80. The van der Waals surface area contributed by atoms with Crippen LogP contribution in [0.25, 0.3) is 0 Å². The monoisotopic (exact) mass is 235 g/mol. The highest BCUT2D eigenvalue weighted by Crippen LogP contribution is 2.07. The molecule has 0 radical (unpaired) electrons. The molecular formula is C10H9N3O2S. The summed E-state index contributed by atoms with van der Waals surface area (Å²) in [5, 5.41) is 0. The predicted octanol–water partition coefficient (Wildman–Crippen LogP) is 1.28. The Bertz CT molecular complexity index is 485. The van der Waals surface area contributed by atoms with Crippen molar-refractivity contribution in [1.82, 2.24) is 9.97 Å². The summed E-state index contributed by atoms with van der Waals surface area (Å²) in [6.07, 6.45) is 3.12. The summed E-state index contributed by atoms with van der Waals surface area (Å²) in [5.74, 6) is 0.698. The van der Waals surface area contributed by atoms with E-state index in [0.29, 0.717) is 11.5 Å². The van der Waals surface area contributed by atoms with E-state index < -0.39 is 0 Å². The summed E-state index contributed by atoms with van der Waals surface area (Å²) < 4.78 is 10.4. The van der Waals surface area contributed by atoms with Gasteiger partial charge in [-0.25, -0.2) is 4.98 Å². The maximum absolute atomic E-state index is 5.44. The Kier molecular flexibility index (Phi) is 3.11. The van der Waals surface area contributed by atoms with Gasteiger partial charge in [-0.1, -0.05) is 12.2 Å². The number of hydrogen-bond acceptors (Lipinski definition) is 5. The van der Waals surface area contributed by atoms with E-state index in [4.69, 9.17) is 27.1 Å². The number of hydrogen-bond donors (Lipinski definition) is 1. The Morgan fingerprint density at radius 3 is 3.06 bits per heavy atom. The van der Waals surface area contributed by atoms with Crippen LogP contribution in [0.5, 0.6) is 6.01 Å². The largest absolute Gasteiger partial charge is 0.466 e. The molecule has 5 nitrogen and oxygen atoms in total. The molecule has 0 spiro atoms. The number of ether oxygens (including phenoxy) is 1. The van der Waals surface area contributed by atoms with Crippen LogP contribution in [0.15, 0.2) is 35.1 Å². The smallest absolute Gasteiger partial charge is 0.317 e. The summed E-state index contributed by atoms with van der Waals surface area (Å²) in [7, 11) is 0. The number of furan rings is 1. The minimum absolute atomic E-state index is 0.213. The second-order valence-electron chi connectivity index (χ2n) is 2.96. The zero-order valence-electron chi connectivity index (χ0n) is 8.29. The molecular weight excluding hydrogens is 226 g/mol. The van der Waals surface area contributed by atoms with Crippen LogP contribution in [-0.4, -0.2) is 15.0 Å². The molecule has 0 unspecified atom stereocenters. The molecule has 2 rings (SSSR count). The van der Waals surface area contributed by atoms with E-state index in [9.17, 15) is 0 Å². The van der Waals surface area contributed by atoms with E-state index in [1.54, 1.807) is 30.7 Å². The molecule has 0 aromatic carbocycles. The molecule has 0 atom stereocenters. The van der Waals surface area contributed by atoms with Crippen molar-refractivity contribution in [3.63, 3.8) is 0 Å². The van der Waals surface area contributed by atoms with E-state index >= 15 is 0 Å². The van der Waals surface area contributed by atoms with Crippen molar-refractivity contribution in [2.24, 2.45) is 5.73 Å². The van der Waals surface area contributed by atoms with E-state index in [1.165, 1.54) is 0 Å². The molecule has 2 aromatic heterocycles. The first-order valence-electron chi connectivity index (χ1n) is 4.54. The fourth-order valence-electron chi connectivity index (χ4n) is 1.08. The first-order valence-corrected chi connectivity index (χ1v) is 4.94. The zero-order valence-corrected chi connectivity index (χ0v) is 9.11. The van der Waals surface area contributed by atoms with Gasteiger partial charge in [0.1, 0.15) is 23.0 Å². The van der Waals surface area contributed by atoms with Crippen LogP contribution in [0.4, 0.5) is 0 Å². The first kappa shape index (κ1) is 10.6. The molecule has 0 fully saturated rings. The van der Waals surface area contributed by atoms with E-state index in [-0.39, 0.29) is 17.6 Å². The summed E-state index contributed by atoms with van der Waals surface area (Å²) in [4.78, 5) is 8.17. The topological polar surface area (TPSA) is 74.2 Å². The SMILES string of the molecule is NC(=S)c1ccnc(OCc2ccco2)n1. The van der Waals surface area contributed by atoms with E-state index in [2.05, 4.69) is 9.97 Å². The molecule has 0 aliphatic carbocycles. The van der Waals surface area contributed by atoms with Crippen molar-refractivity contribution < 1.29 is 9.15 Å². The fourth-order valence-corrected chi connectivity index (χ4v) is 1.19. The summed E-state index contributed by atoms with van der Waals surface area (Å²) >= 11 is 4.80. The quantitative estimate of drug-likeness (QED) is 0.805. The third-order valence-corrected chi connectivity index (χ3v) is 2.02. The molecule has 2 aromatic rings. The number of nitrogens with two attached hydrogens (primary N) is 1. The fraction of sp³-hybridized carbons (Fsp3) is 0.100. The Labute approximate surface area is 97.3 Å². The van der Waals surface area contributed by atoms with Crippen LogP contribution < -0.4 is 10.5 Å². The van der Waals surface area contributed by atoms with Gasteiger partial charge in [-0.3, -0.25) is 0 Å². The average Bonchev–Trinajstić information content (AvgIpc) is 2.79. The van der Waals surface area contributed by atoms with Crippen LogP contribution in [-0.2, 0) is 6.61 Å². The summed E-state index contributed by atoms with van der Waals surface area (Å²) in [5.41, 5.74) is 5.93. The van der Waals surface area contributed by atoms with Gasteiger partial charge in [0, 0.05) is 6.20 Å². The van der Waals surface area contributed by atoms with Crippen molar-refractivity contribution in [2.45, 2.75) is 6.61 Å².